The fraction of sp³-hybridized carbons (Fsp3) is 0.467. The van der Waals surface area contributed by atoms with Gasteiger partial charge in [-0.2, -0.15) is 0 Å². The molecule has 0 aliphatic carbocycles. The number of rotatable bonds is 4. The van der Waals surface area contributed by atoms with Crippen LogP contribution in [-0.2, 0) is 15.5 Å². The zero-order valence-electron chi connectivity index (χ0n) is 10.8. The molecule has 1 saturated heterocycles. The average molecular weight is 264 g/mol. The Hall–Kier alpha value is -1.09. The van der Waals surface area contributed by atoms with E-state index in [9.17, 15) is 4.21 Å². The minimum Gasteiger partial charge on any atom is -0.500 e. The third kappa shape index (κ3) is 3.70. The maximum atomic E-state index is 11.8. The quantitative estimate of drug-likeness (QED) is 0.779. The molecule has 2 atom stereocenters. The molecule has 0 saturated carbocycles. The summed E-state index contributed by atoms with van der Waals surface area (Å²) in [5.41, 5.74) is 2.28. The molecule has 0 radical (unpaired) electrons. The highest BCUT2D eigenvalue weighted by molar-refractivity contribution is 7.85. The standard InChI is InChI=1S/C15H20O2S/c1-13(14-7-3-2-4-8-14)11-17-12-15-9-5-6-10-18(15)16/h2-4,7-8,11,15H,5-6,9-10,12H2,1H3/b13-11-. The third-order valence-electron chi connectivity index (χ3n) is 3.26. The first-order chi connectivity index (χ1) is 8.77. The number of hydrogen-bond acceptors (Lipinski definition) is 2. The molecule has 0 aromatic heterocycles. The average Bonchev–Trinajstić information content (AvgIpc) is 2.42. The molecular formula is C15H20O2S. The van der Waals surface area contributed by atoms with Gasteiger partial charge in [0.25, 0.3) is 0 Å². The summed E-state index contributed by atoms with van der Waals surface area (Å²) in [6.45, 7) is 2.62. The van der Waals surface area contributed by atoms with Gasteiger partial charge in [0.2, 0.25) is 0 Å². The Labute approximate surface area is 112 Å². The lowest BCUT2D eigenvalue weighted by Crippen LogP contribution is -2.26. The highest BCUT2D eigenvalue weighted by Crippen LogP contribution is 2.17. The van der Waals surface area contributed by atoms with Crippen molar-refractivity contribution < 1.29 is 8.95 Å². The largest absolute Gasteiger partial charge is 0.500 e. The van der Waals surface area contributed by atoms with Crippen LogP contribution in [0.25, 0.3) is 5.57 Å². The van der Waals surface area contributed by atoms with Crippen LogP contribution >= 0.6 is 0 Å². The van der Waals surface area contributed by atoms with Gasteiger partial charge in [-0.1, -0.05) is 36.8 Å². The fourth-order valence-electron chi connectivity index (χ4n) is 2.12. The molecule has 1 aliphatic heterocycles. The van der Waals surface area contributed by atoms with Gasteiger partial charge < -0.3 is 4.74 Å². The molecule has 1 heterocycles. The van der Waals surface area contributed by atoms with Crippen LogP contribution in [0.4, 0.5) is 0 Å². The van der Waals surface area contributed by atoms with Gasteiger partial charge in [-0.15, -0.1) is 0 Å². The Bertz CT molecular complexity index is 425. The van der Waals surface area contributed by atoms with Crippen LogP contribution in [0, 0.1) is 0 Å². The summed E-state index contributed by atoms with van der Waals surface area (Å²) in [7, 11) is -0.691. The first-order valence-electron chi connectivity index (χ1n) is 6.48. The van der Waals surface area contributed by atoms with Gasteiger partial charge in [-0.05, 0) is 30.9 Å². The van der Waals surface area contributed by atoms with Gasteiger partial charge in [0, 0.05) is 16.6 Å². The van der Waals surface area contributed by atoms with Crippen molar-refractivity contribution in [1.29, 1.82) is 0 Å². The van der Waals surface area contributed by atoms with Crippen LogP contribution in [-0.4, -0.2) is 21.8 Å². The van der Waals surface area contributed by atoms with Crippen LogP contribution in [0.2, 0.25) is 0 Å². The summed E-state index contributed by atoms with van der Waals surface area (Å²) in [4.78, 5) is 0. The molecular weight excluding hydrogens is 244 g/mol. The minimum absolute atomic E-state index is 0.221. The van der Waals surface area contributed by atoms with Gasteiger partial charge in [0.1, 0.15) is 6.61 Å². The molecule has 2 unspecified atom stereocenters. The van der Waals surface area contributed by atoms with E-state index in [1.54, 1.807) is 6.26 Å². The molecule has 0 bridgehead atoms. The predicted molar refractivity (Wildman–Crippen MR) is 76.7 cm³/mol. The summed E-state index contributed by atoms with van der Waals surface area (Å²) >= 11 is 0. The van der Waals surface area contributed by atoms with E-state index in [4.69, 9.17) is 4.74 Å². The van der Waals surface area contributed by atoms with Crippen LogP contribution in [0.5, 0.6) is 0 Å². The normalized spacial score (nSPS) is 24.8. The Kier molecular flexibility index (Phi) is 5.00. The van der Waals surface area contributed by atoms with Crippen molar-refractivity contribution in [2.24, 2.45) is 0 Å². The zero-order valence-corrected chi connectivity index (χ0v) is 11.6. The molecule has 1 aromatic carbocycles. The summed E-state index contributed by atoms with van der Waals surface area (Å²) in [5.74, 6) is 0.843. The lowest BCUT2D eigenvalue weighted by Gasteiger charge is -2.20. The van der Waals surface area contributed by atoms with Crippen molar-refractivity contribution in [3.05, 3.63) is 42.2 Å². The second kappa shape index (κ2) is 6.74. The molecule has 98 valence electrons. The first kappa shape index (κ1) is 13.3. The smallest absolute Gasteiger partial charge is 0.102 e. The van der Waals surface area contributed by atoms with E-state index >= 15 is 0 Å². The molecule has 1 aliphatic rings. The van der Waals surface area contributed by atoms with Crippen molar-refractivity contribution in [2.75, 3.05) is 12.4 Å². The topological polar surface area (TPSA) is 26.3 Å². The van der Waals surface area contributed by atoms with E-state index in [1.165, 1.54) is 12.0 Å². The molecule has 0 N–H and O–H groups in total. The van der Waals surface area contributed by atoms with Crippen molar-refractivity contribution in [3.8, 4) is 0 Å². The van der Waals surface area contributed by atoms with E-state index in [2.05, 4.69) is 12.1 Å². The second-order valence-corrected chi connectivity index (χ2v) is 6.54. The summed E-state index contributed by atoms with van der Waals surface area (Å²) in [5, 5.41) is 0.221. The van der Waals surface area contributed by atoms with Crippen molar-refractivity contribution in [3.63, 3.8) is 0 Å². The molecule has 2 rings (SSSR count). The fourth-order valence-corrected chi connectivity index (χ4v) is 3.61. The summed E-state index contributed by atoms with van der Waals surface area (Å²) in [6, 6.07) is 10.2. The number of ether oxygens (including phenoxy) is 1. The number of benzene rings is 1. The lowest BCUT2D eigenvalue weighted by molar-refractivity contribution is 0.243. The summed E-state index contributed by atoms with van der Waals surface area (Å²) in [6.07, 6.45) is 5.11. The Morgan fingerprint density at radius 1 is 1.39 bits per heavy atom. The van der Waals surface area contributed by atoms with Crippen LogP contribution in [0.3, 0.4) is 0 Å². The minimum atomic E-state index is -0.691. The number of allylic oxidation sites excluding steroid dienone is 1. The van der Waals surface area contributed by atoms with E-state index in [0.717, 1.165) is 24.2 Å². The first-order valence-corrected chi connectivity index (χ1v) is 7.86. The molecule has 0 amide bonds. The van der Waals surface area contributed by atoms with E-state index in [0.29, 0.717) is 6.61 Å². The monoisotopic (exact) mass is 264 g/mol. The Morgan fingerprint density at radius 2 is 2.17 bits per heavy atom. The van der Waals surface area contributed by atoms with Crippen molar-refractivity contribution in [2.45, 2.75) is 31.4 Å². The second-order valence-electron chi connectivity index (χ2n) is 4.70. The molecule has 18 heavy (non-hydrogen) atoms. The molecule has 2 nitrogen and oxygen atoms in total. The van der Waals surface area contributed by atoms with Gasteiger partial charge in [-0.3, -0.25) is 4.21 Å². The molecule has 3 heteroatoms. The zero-order chi connectivity index (χ0) is 12.8. The van der Waals surface area contributed by atoms with Crippen molar-refractivity contribution >= 4 is 16.4 Å². The predicted octanol–water partition coefficient (Wildman–Crippen LogP) is 3.37. The van der Waals surface area contributed by atoms with Gasteiger partial charge >= 0.3 is 0 Å². The molecule has 0 spiro atoms. The molecule has 1 aromatic rings. The van der Waals surface area contributed by atoms with E-state index < -0.39 is 10.8 Å². The maximum Gasteiger partial charge on any atom is 0.102 e. The Balaban J connectivity index is 1.85. The molecule has 1 fully saturated rings. The lowest BCUT2D eigenvalue weighted by atomic mass is 10.1. The van der Waals surface area contributed by atoms with E-state index in [1.807, 2.05) is 25.1 Å². The number of hydrogen-bond donors (Lipinski definition) is 0. The summed E-state index contributed by atoms with van der Waals surface area (Å²) < 4.78 is 17.4. The Morgan fingerprint density at radius 3 is 2.89 bits per heavy atom. The highest BCUT2D eigenvalue weighted by Gasteiger charge is 2.20. The highest BCUT2D eigenvalue weighted by atomic mass is 32.2. The SMILES string of the molecule is C/C(=C/OCC1CCCCS1=O)c1ccccc1. The van der Waals surface area contributed by atoms with Crippen molar-refractivity contribution in [1.82, 2.24) is 0 Å². The van der Waals surface area contributed by atoms with Crippen LogP contribution in [0.1, 0.15) is 31.7 Å². The van der Waals surface area contributed by atoms with Gasteiger partial charge in [0.05, 0.1) is 11.5 Å². The van der Waals surface area contributed by atoms with Gasteiger partial charge in [-0.25, -0.2) is 0 Å². The van der Waals surface area contributed by atoms with Crippen LogP contribution < -0.4 is 0 Å². The van der Waals surface area contributed by atoms with Gasteiger partial charge in [0.15, 0.2) is 0 Å². The third-order valence-corrected chi connectivity index (χ3v) is 5.07. The van der Waals surface area contributed by atoms with E-state index in [-0.39, 0.29) is 5.25 Å². The maximum absolute atomic E-state index is 11.8. The van der Waals surface area contributed by atoms with Crippen LogP contribution in [0.15, 0.2) is 36.6 Å².